The lowest BCUT2D eigenvalue weighted by atomic mass is 10.2. The second-order valence-corrected chi connectivity index (χ2v) is 8.38. The molecule has 0 saturated carbocycles. The number of benzene rings is 2. The van der Waals surface area contributed by atoms with Crippen LogP contribution in [0.15, 0.2) is 52.9 Å². The topological polar surface area (TPSA) is 76.1 Å². The molecule has 0 aliphatic carbocycles. The third-order valence-corrected chi connectivity index (χ3v) is 5.71. The van der Waals surface area contributed by atoms with E-state index in [0.29, 0.717) is 16.6 Å². The van der Waals surface area contributed by atoms with E-state index in [1.807, 2.05) is 56.3 Å². The van der Waals surface area contributed by atoms with Gasteiger partial charge in [0.2, 0.25) is 11.0 Å². The molecule has 27 heavy (non-hydrogen) atoms. The zero-order valence-electron chi connectivity index (χ0n) is 15.2. The molecule has 6 nitrogen and oxygen atoms in total. The molecule has 3 rings (SSSR count). The molecule has 2 N–H and O–H groups in total. The van der Waals surface area contributed by atoms with Crippen molar-refractivity contribution in [2.45, 2.75) is 23.4 Å². The fourth-order valence-electron chi connectivity index (χ4n) is 2.34. The molecule has 0 aliphatic heterocycles. The first-order valence-corrected chi connectivity index (χ1v) is 10.0. The number of carbonyl (C=O) groups is 1. The molecule has 0 unspecified atom stereocenters. The van der Waals surface area contributed by atoms with Crippen LogP contribution in [-0.2, 0) is 4.79 Å². The standard InChI is InChI=1S/C19H20N4O2S2/c1-12-7-6-8-14(11-12)20-18-22-23-19(27-18)26-13(2)17(24)21-15-9-4-5-10-16(15)25-3/h4-11,13H,1-3H3,(H,20,22)(H,21,24)/t13-/m1/s1. The number of hydrogen-bond donors (Lipinski definition) is 2. The maximum atomic E-state index is 12.5. The number of aromatic nitrogens is 2. The Hall–Kier alpha value is -2.58. The average molecular weight is 401 g/mol. The molecular formula is C19H20N4O2S2. The number of nitrogens with zero attached hydrogens (tertiary/aromatic N) is 2. The van der Waals surface area contributed by atoms with Gasteiger partial charge >= 0.3 is 0 Å². The first-order valence-electron chi connectivity index (χ1n) is 8.33. The SMILES string of the molecule is COc1ccccc1NC(=O)[C@@H](C)Sc1nnc(Nc2cccc(C)c2)s1. The highest BCUT2D eigenvalue weighted by Crippen LogP contribution is 2.31. The zero-order valence-corrected chi connectivity index (χ0v) is 16.9. The van der Waals surface area contributed by atoms with Crippen molar-refractivity contribution in [1.82, 2.24) is 10.2 Å². The smallest absolute Gasteiger partial charge is 0.237 e. The molecule has 140 valence electrons. The molecule has 0 spiro atoms. The van der Waals surface area contributed by atoms with E-state index in [4.69, 9.17) is 4.74 Å². The Morgan fingerprint density at radius 3 is 2.78 bits per heavy atom. The molecule has 1 amide bonds. The number of methoxy groups -OCH3 is 1. The molecule has 1 aromatic heterocycles. The summed E-state index contributed by atoms with van der Waals surface area (Å²) in [5.74, 6) is 0.511. The van der Waals surface area contributed by atoms with Gasteiger partial charge in [-0.15, -0.1) is 10.2 Å². The van der Waals surface area contributed by atoms with Crippen molar-refractivity contribution in [1.29, 1.82) is 0 Å². The van der Waals surface area contributed by atoms with Gasteiger partial charge in [0.05, 0.1) is 18.0 Å². The predicted molar refractivity (Wildman–Crippen MR) is 111 cm³/mol. The fraction of sp³-hybridized carbons (Fsp3) is 0.211. The number of ether oxygens (including phenoxy) is 1. The van der Waals surface area contributed by atoms with E-state index < -0.39 is 0 Å². The number of aryl methyl sites for hydroxylation is 1. The lowest BCUT2D eigenvalue weighted by molar-refractivity contribution is -0.115. The Kier molecular flexibility index (Phi) is 6.31. The Morgan fingerprint density at radius 2 is 2.00 bits per heavy atom. The van der Waals surface area contributed by atoms with E-state index >= 15 is 0 Å². The van der Waals surface area contributed by atoms with Gasteiger partial charge in [0.25, 0.3) is 0 Å². The van der Waals surface area contributed by atoms with E-state index in [-0.39, 0.29) is 11.2 Å². The molecule has 0 fully saturated rings. The Balaban J connectivity index is 1.60. The summed E-state index contributed by atoms with van der Waals surface area (Å²) in [4.78, 5) is 12.5. The summed E-state index contributed by atoms with van der Waals surface area (Å²) in [6.07, 6.45) is 0. The summed E-state index contributed by atoms with van der Waals surface area (Å²) in [7, 11) is 1.58. The van der Waals surface area contributed by atoms with Crippen LogP contribution in [0.4, 0.5) is 16.5 Å². The van der Waals surface area contributed by atoms with Crippen molar-refractivity contribution in [2.24, 2.45) is 0 Å². The van der Waals surface area contributed by atoms with E-state index in [0.717, 1.165) is 10.0 Å². The molecule has 0 aliphatic rings. The van der Waals surface area contributed by atoms with Gasteiger partial charge in [0.15, 0.2) is 4.34 Å². The number of carbonyl (C=O) groups excluding carboxylic acids is 1. The summed E-state index contributed by atoms with van der Waals surface area (Å²) in [6.45, 7) is 3.87. The van der Waals surface area contributed by atoms with Crippen LogP contribution < -0.4 is 15.4 Å². The lowest BCUT2D eigenvalue weighted by Crippen LogP contribution is -2.22. The number of amides is 1. The fourth-order valence-corrected chi connectivity index (χ4v) is 4.26. The van der Waals surface area contributed by atoms with Crippen LogP contribution in [0.5, 0.6) is 5.75 Å². The Bertz CT molecular complexity index is 929. The van der Waals surface area contributed by atoms with Crippen LogP contribution in [0.3, 0.4) is 0 Å². The van der Waals surface area contributed by atoms with Gasteiger partial charge in [-0.3, -0.25) is 4.79 Å². The zero-order chi connectivity index (χ0) is 19.2. The van der Waals surface area contributed by atoms with E-state index in [1.165, 1.54) is 28.7 Å². The normalized spacial score (nSPS) is 11.7. The van der Waals surface area contributed by atoms with Gasteiger partial charge in [-0.1, -0.05) is 47.4 Å². The van der Waals surface area contributed by atoms with Gasteiger partial charge in [0.1, 0.15) is 5.75 Å². The van der Waals surface area contributed by atoms with Gasteiger partial charge in [-0.05, 0) is 43.7 Å². The highest BCUT2D eigenvalue weighted by atomic mass is 32.2. The number of hydrogen-bond acceptors (Lipinski definition) is 7. The quantitative estimate of drug-likeness (QED) is 0.559. The molecule has 1 heterocycles. The second kappa shape index (κ2) is 8.88. The second-order valence-electron chi connectivity index (χ2n) is 5.82. The van der Waals surface area contributed by atoms with Crippen molar-refractivity contribution >= 4 is 45.5 Å². The summed E-state index contributed by atoms with van der Waals surface area (Å²) < 4.78 is 5.99. The highest BCUT2D eigenvalue weighted by molar-refractivity contribution is 8.02. The number of nitrogens with one attached hydrogen (secondary N) is 2. The number of rotatable bonds is 7. The third-order valence-electron chi connectivity index (χ3n) is 3.69. The largest absolute Gasteiger partial charge is 0.495 e. The number of anilines is 3. The monoisotopic (exact) mass is 400 g/mol. The highest BCUT2D eigenvalue weighted by Gasteiger charge is 2.18. The number of thioether (sulfide) groups is 1. The van der Waals surface area contributed by atoms with Crippen LogP contribution in [0, 0.1) is 6.92 Å². The molecule has 2 aromatic carbocycles. The lowest BCUT2D eigenvalue weighted by Gasteiger charge is -2.12. The summed E-state index contributed by atoms with van der Waals surface area (Å²) in [5, 5.41) is 14.8. The van der Waals surface area contributed by atoms with Crippen LogP contribution >= 0.6 is 23.1 Å². The van der Waals surface area contributed by atoms with E-state index in [1.54, 1.807) is 13.2 Å². The predicted octanol–water partition coefficient (Wildman–Crippen LogP) is 4.72. The molecule has 8 heteroatoms. The van der Waals surface area contributed by atoms with Crippen LogP contribution in [0.1, 0.15) is 12.5 Å². The van der Waals surface area contributed by atoms with Crippen molar-refractivity contribution in [2.75, 3.05) is 17.7 Å². The van der Waals surface area contributed by atoms with Crippen molar-refractivity contribution in [3.05, 3.63) is 54.1 Å². The Morgan fingerprint density at radius 1 is 1.19 bits per heavy atom. The minimum atomic E-state index is -0.324. The molecule has 1 atom stereocenters. The van der Waals surface area contributed by atoms with E-state index in [9.17, 15) is 4.79 Å². The van der Waals surface area contributed by atoms with Gasteiger partial charge < -0.3 is 15.4 Å². The first-order chi connectivity index (χ1) is 13.0. The minimum Gasteiger partial charge on any atom is -0.495 e. The average Bonchev–Trinajstić information content (AvgIpc) is 3.09. The van der Waals surface area contributed by atoms with Crippen molar-refractivity contribution in [3.63, 3.8) is 0 Å². The van der Waals surface area contributed by atoms with Crippen LogP contribution in [0.25, 0.3) is 0 Å². The number of para-hydroxylation sites is 2. The molecule has 0 bridgehead atoms. The third kappa shape index (κ3) is 5.21. The van der Waals surface area contributed by atoms with Gasteiger partial charge in [0, 0.05) is 5.69 Å². The van der Waals surface area contributed by atoms with E-state index in [2.05, 4.69) is 20.8 Å². The molecule has 3 aromatic rings. The minimum absolute atomic E-state index is 0.118. The van der Waals surface area contributed by atoms with Crippen LogP contribution in [0.2, 0.25) is 0 Å². The summed E-state index contributed by atoms with van der Waals surface area (Å²) in [6, 6.07) is 15.4. The van der Waals surface area contributed by atoms with Crippen molar-refractivity contribution in [3.8, 4) is 5.75 Å². The molecular weight excluding hydrogens is 380 g/mol. The van der Waals surface area contributed by atoms with Crippen LogP contribution in [-0.4, -0.2) is 28.5 Å². The summed E-state index contributed by atoms with van der Waals surface area (Å²) >= 11 is 2.79. The maximum absolute atomic E-state index is 12.5. The molecule has 0 saturated heterocycles. The molecule has 0 radical (unpaired) electrons. The Labute approximate surface area is 166 Å². The first kappa shape index (κ1) is 19.2. The van der Waals surface area contributed by atoms with Crippen molar-refractivity contribution < 1.29 is 9.53 Å². The summed E-state index contributed by atoms with van der Waals surface area (Å²) in [5.41, 5.74) is 2.78. The van der Waals surface area contributed by atoms with Gasteiger partial charge in [-0.25, -0.2) is 0 Å². The maximum Gasteiger partial charge on any atom is 0.237 e. The van der Waals surface area contributed by atoms with Gasteiger partial charge in [-0.2, -0.15) is 0 Å².